The molecular formula is C13H20N2O3. The Labute approximate surface area is 107 Å². The van der Waals surface area contributed by atoms with E-state index in [-0.39, 0.29) is 5.69 Å². The molecule has 5 nitrogen and oxygen atoms in total. The molecule has 1 aromatic rings. The number of aliphatic hydroxyl groups is 1. The van der Waals surface area contributed by atoms with Crippen molar-refractivity contribution >= 4 is 5.69 Å². The van der Waals surface area contributed by atoms with Crippen LogP contribution < -0.4 is 5.32 Å². The average Bonchev–Trinajstić information content (AvgIpc) is 2.38. The summed E-state index contributed by atoms with van der Waals surface area (Å²) in [6.07, 6.45) is 2.84. The molecule has 0 aliphatic carbocycles. The predicted octanol–water partition coefficient (Wildman–Crippen LogP) is 2.41. The smallest absolute Gasteiger partial charge is 0.269 e. The summed E-state index contributed by atoms with van der Waals surface area (Å²) in [4.78, 5) is 10.0. The molecule has 0 bridgehead atoms. The summed E-state index contributed by atoms with van der Waals surface area (Å²) in [5, 5.41) is 23.5. The molecule has 0 saturated heterocycles. The van der Waals surface area contributed by atoms with Crippen molar-refractivity contribution in [3.8, 4) is 0 Å². The number of nitro groups is 1. The molecule has 0 heterocycles. The van der Waals surface area contributed by atoms with Gasteiger partial charge in [0.25, 0.3) is 5.69 Å². The lowest BCUT2D eigenvalue weighted by Crippen LogP contribution is -2.22. The number of benzene rings is 1. The topological polar surface area (TPSA) is 75.4 Å². The Hall–Kier alpha value is -1.46. The van der Waals surface area contributed by atoms with Crippen molar-refractivity contribution in [3.63, 3.8) is 0 Å². The highest BCUT2D eigenvalue weighted by Crippen LogP contribution is 2.17. The van der Waals surface area contributed by atoms with E-state index in [4.69, 9.17) is 0 Å². The maximum Gasteiger partial charge on any atom is 0.269 e. The summed E-state index contributed by atoms with van der Waals surface area (Å²) < 4.78 is 0. The summed E-state index contributed by atoms with van der Waals surface area (Å²) in [5.74, 6) is 0. The highest BCUT2D eigenvalue weighted by molar-refractivity contribution is 5.33. The molecule has 0 aliphatic rings. The molecule has 1 unspecified atom stereocenters. The molecule has 0 spiro atoms. The second kappa shape index (κ2) is 7.79. The van der Waals surface area contributed by atoms with Gasteiger partial charge in [-0.1, -0.05) is 19.8 Å². The van der Waals surface area contributed by atoms with E-state index in [1.54, 1.807) is 12.1 Å². The second-order valence-electron chi connectivity index (χ2n) is 4.28. The molecule has 0 saturated carbocycles. The van der Waals surface area contributed by atoms with Crippen molar-refractivity contribution in [1.82, 2.24) is 5.32 Å². The van der Waals surface area contributed by atoms with Gasteiger partial charge in [-0.25, -0.2) is 0 Å². The minimum absolute atomic E-state index is 0.0434. The third-order valence-electron chi connectivity index (χ3n) is 2.78. The van der Waals surface area contributed by atoms with Gasteiger partial charge in [0.15, 0.2) is 0 Å². The van der Waals surface area contributed by atoms with Gasteiger partial charge in [-0.2, -0.15) is 0 Å². The molecule has 0 fully saturated rings. The Morgan fingerprint density at radius 3 is 2.56 bits per heavy atom. The molecule has 100 valence electrons. The van der Waals surface area contributed by atoms with Crippen LogP contribution in [0.5, 0.6) is 0 Å². The number of aliphatic hydroxyl groups excluding tert-OH is 1. The SMILES string of the molecule is CCCCCNCC(O)c1ccc([N+](=O)[O-])cc1. The van der Waals surface area contributed by atoms with E-state index in [0.717, 1.165) is 13.0 Å². The van der Waals surface area contributed by atoms with Gasteiger partial charge >= 0.3 is 0 Å². The van der Waals surface area contributed by atoms with Crippen LogP contribution in [-0.2, 0) is 0 Å². The normalized spacial score (nSPS) is 12.3. The number of nitrogens with zero attached hydrogens (tertiary/aromatic N) is 1. The van der Waals surface area contributed by atoms with Crippen molar-refractivity contribution in [2.75, 3.05) is 13.1 Å². The molecule has 1 atom stereocenters. The molecule has 0 radical (unpaired) electrons. The standard InChI is InChI=1S/C13H20N2O3/c1-2-3-4-9-14-10-13(16)11-5-7-12(8-6-11)15(17)18/h5-8,13-14,16H,2-4,9-10H2,1H3. The van der Waals surface area contributed by atoms with Crippen molar-refractivity contribution in [1.29, 1.82) is 0 Å². The molecule has 18 heavy (non-hydrogen) atoms. The van der Waals surface area contributed by atoms with Gasteiger partial charge < -0.3 is 10.4 Å². The monoisotopic (exact) mass is 252 g/mol. The van der Waals surface area contributed by atoms with Gasteiger partial charge in [-0.15, -0.1) is 0 Å². The number of rotatable bonds is 8. The third-order valence-corrected chi connectivity index (χ3v) is 2.78. The van der Waals surface area contributed by atoms with Crippen LogP contribution >= 0.6 is 0 Å². The largest absolute Gasteiger partial charge is 0.387 e. The zero-order valence-corrected chi connectivity index (χ0v) is 10.6. The zero-order chi connectivity index (χ0) is 13.4. The number of nitrogens with one attached hydrogen (secondary N) is 1. The van der Waals surface area contributed by atoms with Crippen LogP contribution in [-0.4, -0.2) is 23.1 Å². The molecule has 0 aliphatic heterocycles. The lowest BCUT2D eigenvalue weighted by Gasteiger charge is -2.11. The van der Waals surface area contributed by atoms with Crippen LogP contribution in [0.3, 0.4) is 0 Å². The Kier molecular flexibility index (Phi) is 6.32. The van der Waals surface area contributed by atoms with Crippen LogP contribution in [0.1, 0.15) is 37.9 Å². The van der Waals surface area contributed by atoms with Crippen LogP contribution in [0, 0.1) is 10.1 Å². The van der Waals surface area contributed by atoms with Crippen molar-refractivity contribution < 1.29 is 10.0 Å². The molecule has 1 rings (SSSR count). The van der Waals surface area contributed by atoms with E-state index in [2.05, 4.69) is 12.2 Å². The fraction of sp³-hybridized carbons (Fsp3) is 0.538. The maximum absolute atomic E-state index is 10.5. The predicted molar refractivity (Wildman–Crippen MR) is 70.5 cm³/mol. The van der Waals surface area contributed by atoms with E-state index in [9.17, 15) is 15.2 Å². The van der Waals surface area contributed by atoms with Crippen molar-refractivity contribution in [2.24, 2.45) is 0 Å². The zero-order valence-electron chi connectivity index (χ0n) is 10.6. The van der Waals surface area contributed by atoms with Gasteiger partial charge in [0.05, 0.1) is 11.0 Å². The molecule has 2 N–H and O–H groups in total. The van der Waals surface area contributed by atoms with E-state index in [1.165, 1.54) is 25.0 Å². The Balaban J connectivity index is 2.37. The van der Waals surface area contributed by atoms with E-state index < -0.39 is 11.0 Å². The van der Waals surface area contributed by atoms with Crippen LogP contribution in [0.15, 0.2) is 24.3 Å². The fourth-order valence-corrected chi connectivity index (χ4v) is 1.67. The van der Waals surface area contributed by atoms with Gasteiger partial charge in [-0.05, 0) is 30.7 Å². The first-order valence-electron chi connectivity index (χ1n) is 6.28. The molecular weight excluding hydrogens is 232 g/mol. The quantitative estimate of drug-likeness (QED) is 0.423. The van der Waals surface area contributed by atoms with Gasteiger partial charge in [-0.3, -0.25) is 10.1 Å². The highest BCUT2D eigenvalue weighted by atomic mass is 16.6. The molecule has 0 amide bonds. The fourth-order valence-electron chi connectivity index (χ4n) is 1.67. The van der Waals surface area contributed by atoms with E-state index in [0.29, 0.717) is 12.1 Å². The number of nitro benzene ring substituents is 1. The van der Waals surface area contributed by atoms with E-state index in [1.807, 2.05) is 0 Å². The molecule has 1 aromatic carbocycles. The first-order chi connectivity index (χ1) is 8.65. The van der Waals surface area contributed by atoms with Gasteiger partial charge in [0, 0.05) is 18.7 Å². The summed E-state index contributed by atoms with van der Waals surface area (Å²) in [6, 6.07) is 6.01. The summed E-state index contributed by atoms with van der Waals surface area (Å²) in [5.41, 5.74) is 0.741. The maximum atomic E-state index is 10.5. The summed E-state index contributed by atoms with van der Waals surface area (Å²) in [6.45, 7) is 3.51. The first-order valence-corrected chi connectivity index (χ1v) is 6.28. The Morgan fingerprint density at radius 2 is 2.00 bits per heavy atom. The van der Waals surface area contributed by atoms with Crippen LogP contribution in [0.4, 0.5) is 5.69 Å². The lowest BCUT2D eigenvalue weighted by molar-refractivity contribution is -0.384. The number of hydrogen-bond acceptors (Lipinski definition) is 4. The minimum atomic E-state index is -0.618. The van der Waals surface area contributed by atoms with Crippen molar-refractivity contribution in [3.05, 3.63) is 39.9 Å². The minimum Gasteiger partial charge on any atom is -0.387 e. The van der Waals surface area contributed by atoms with Crippen LogP contribution in [0.2, 0.25) is 0 Å². The number of non-ortho nitro benzene ring substituents is 1. The first kappa shape index (κ1) is 14.6. The lowest BCUT2D eigenvalue weighted by atomic mass is 10.1. The number of hydrogen-bond donors (Lipinski definition) is 2. The average molecular weight is 252 g/mol. The Morgan fingerprint density at radius 1 is 1.33 bits per heavy atom. The second-order valence-corrected chi connectivity index (χ2v) is 4.28. The van der Waals surface area contributed by atoms with Gasteiger partial charge in [0.2, 0.25) is 0 Å². The highest BCUT2D eigenvalue weighted by Gasteiger charge is 2.09. The molecule has 5 heteroatoms. The summed E-state index contributed by atoms with van der Waals surface area (Å²) >= 11 is 0. The number of unbranched alkanes of at least 4 members (excludes halogenated alkanes) is 2. The Bertz CT molecular complexity index is 365. The van der Waals surface area contributed by atoms with Crippen LogP contribution in [0.25, 0.3) is 0 Å². The summed E-state index contributed by atoms with van der Waals surface area (Å²) in [7, 11) is 0. The van der Waals surface area contributed by atoms with E-state index >= 15 is 0 Å². The third kappa shape index (κ3) is 4.81. The molecule has 0 aromatic heterocycles. The van der Waals surface area contributed by atoms with Gasteiger partial charge in [0.1, 0.15) is 0 Å². The van der Waals surface area contributed by atoms with Crippen molar-refractivity contribution in [2.45, 2.75) is 32.3 Å².